The van der Waals surface area contributed by atoms with E-state index in [1.165, 1.54) is 0 Å². The summed E-state index contributed by atoms with van der Waals surface area (Å²) in [6.45, 7) is 2.13. The molecule has 0 saturated carbocycles. The van der Waals surface area contributed by atoms with Crippen molar-refractivity contribution in [3.63, 3.8) is 0 Å². The molecule has 1 aromatic carbocycles. The number of hydrogen-bond donors (Lipinski definition) is 2. The van der Waals surface area contributed by atoms with Gasteiger partial charge in [-0.3, -0.25) is 0 Å². The smallest absolute Gasteiger partial charge is 0.225 e. The van der Waals surface area contributed by atoms with E-state index in [2.05, 4.69) is 33.5 Å². The summed E-state index contributed by atoms with van der Waals surface area (Å²) in [6.07, 6.45) is -0.457. The maximum absolute atomic E-state index is 9.40. The Bertz CT molecular complexity index is 758. The van der Waals surface area contributed by atoms with Crippen LogP contribution in [0.25, 0.3) is 20.7 Å². The van der Waals surface area contributed by atoms with Gasteiger partial charge in [-0.05, 0) is 30.2 Å². The molecule has 0 aliphatic rings. The molecule has 21 heavy (non-hydrogen) atoms. The Morgan fingerprint density at radius 2 is 2.05 bits per heavy atom. The Kier molecular flexibility index (Phi) is 4.05. The van der Waals surface area contributed by atoms with E-state index in [4.69, 9.17) is 11.6 Å². The topological polar surface area (TPSA) is 58.0 Å². The number of halogens is 1. The van der Waals surface area contributed by atoms with Gasteiger partial charge in [-0.1, -0.05) is 30.3 Å². The molecule has 0 bridgehead atoms. The first-order valence-electron chi connectivity index (χ1n) is 6.58. The third kappa shape index (κ3) is 3.15. The lowest BCUT2D eigenvalue weighted by Crippen LogP contribution is -2.16. The van der Waals surface area contributed by atoms with E-state index in [0.717, 1.165) is 20.7 Å². The first-order chi connectivity index (χ1) is 10.1. The Morgan fingerprint density at radius 1 is 1.29 bits per heavy atom. The van der Waals surface area contributed by atoms with Gasteiger partial charge in [0.2, 0.25) is 5.28 Å². The molecule has 2 N–H and O–H groups in total. The van der Waals surface area contributed by atoms with Crippen LogP contribution in [0.4, 0.5) is 5.82 Å². The quantitative estimate of drug-likeness (QED) is 0.718. The first kappa shape index (κ1) is 14.3. The Morgan fingerprint density at radius 3 is 2.76 bits per heavy atom. The number of rotatable bonds is 4. The number of nitrogens with one attached hydrogen (secondary N) is 1. The Hall–Kier alpha value is -1.69. The number of anilines is 1. The summed E-state index contributed by atoms with van der Waals surface area (Å²) in [5.41, 5.74) is 1.14. The van der Waals surface area contributed by atoms with E-state index in [1.54, 1.807) is 18.3 Å². The lowest BCUT2D eigenvalue weighted by Gasteiger charge is -2.08. The summed E-state index contributed by atoms with van der Waals surface area (Å²) in [5, 5.41) is 13.6. The van der Waals surface area contributed by atoms with Crippen LogP contribution in [-0.4, -0.2) is 27.7 Å². The summed E-state index contributed by atoms with van der Waals surface area (Å²) >= 11 is 7.55. The summed E-state index contributed by atoms with van der Waals surface area (Å²) in [4.78, 5) is 10.4. The molecular weight excluding hydrogens is 306 g/mol. The van der Waals surface area contributed by atoms with E-state index in [0.29, 0.717) is 12.4 Å². The first-order valence-corrected chi connectivity index (χ1v) is 7.77. The molecule has 1 unspecified atom stereocenters. The number of fused-ring (bicyclic) bond motifs is 1. The monoisotopic (exact) mass is 319 g/mol. The maximum Gasteiger partial charge on any atom is 0.225 e. The largest absolute Gasteiger partial charge is 0.392 e. The van der Waals surface area contributed by atoms with Crippen LogP contribution in [0.3, 0.4) is 0 Å². The second-order valence-electron chi connectivity index (χ2n) is 4.77. The molecule has 0 aliphatic heterocycles. The number of aromatic nitrogens is 2. The Labute approximate surface area is 131 Å². The van der Waals surface area contributed by atoms with Crippen LogP contribution in [0.15, 0.2) is 36.4 Å². The van der Waals surface area contributed by atoms with Crippen molar-refractivity contribution < 1.29 is 5.11 Å². The molecule has 2 aromatic heterocycles. The highest BCUT2D eigenvalue weighted by Gasteiger charge is 2.12. The third-order valence-corrected chi connectivity index (χ3v) is 4.24. The van der Waals surface area contributed by atoms with E-state index in [-0.39, 0.29) is 5.28 Å². The van der Waals surface area contributed by atoms with Gasteiger partial charge in [0.15, 0.2) is 0 Å². The number of benzene rings is 1. The second kappa shape index (κ2) is 5.97. The molecule has 1 atom stereocenters. The minimum atomic E-state index is -0.457. The summed E-state index contributed by atoms with van der Waals surface area (Å²) in [7, 11) is 0. The molecule has 0 amide bonds. The van der Waals surface area contributed by atoms with Crippen LogP contribution in [0.1, 0.15) is 6.92 Å². The standard InChI is InChI=1S/C15H14ClN3OS/c1-9(20)8-17-13-11-7-12(10-5-3-2-4-6-10)21-14(11)19-15(16)18-13/h2-7,9,20H,8H2,1H3,(H,17,18,19). The highest BCUT2D eigenvalue weighted by Crippen LogP contribution is 2.35. The zero-order valence-corrected chi connectivity index (χ0v) is 12.9. The lowest BCUT2D eigenvalue weighted by molar-refractivity contribution is 0.208. The van der Waals surface area contributed by atoms with Gasteiger partial charge in [0.1, 0.15) is 10.6 Å². The molecule has 0 spiro atoms. The average molecular weight is 320 g/mol. The predicted molar refractivity (Wildman–Crippen MR) is 88.0 cm³/mol. The molecule has 108 valence electrons. The molecule has 0 radical (unpaired) electrons. The van der Waals surface area contributed by atoms with Crippen molar-refractivity contribution in [2.24, 2.45) is 0 Å². The van der Waals surface area contributed by atoms with Gasteiger partial charge in [-0.25, -0.2) is 9.97 Å². The maximum atomic E-state index is 9.40. The summed E-state index contributed by atoms with van der Waals surface area (Å²) < 4.78 is 0. The van der Waals surface area contributed by atoms with Crippen molar-refractivity contribution in [1.29, 1.82) is 0 Å². The van der Waals surface area contributed by atoms with Crippen molar-refractivity contribution in [3.8, 4) is 10.4 Å². The van der Waals surface area contributed by atoms with Gasteiger partial charge < -0.3 is 10.4 Å². The van der Waals surface area contributed by atoms with Crippen LogP contribution < -0.4 is 5.32 Å². The molecule has 0 fully saturated rings. The number of aliphatic hydroxyl groups excluding tert-OH is 1. The van der Waals surface area contributed by atoms with Gasteiger partial charge in [0.05, 0.1) is 11.5 Å². The highest BCUT2D eigenvalue weighted by molar-refractivity contribution is 7.22. The highest BCUT2D eigenvalue weighted by atomic mass is 35.5. The zero-order valence-electron chi connectivity index (χ0n) is 11.4. The fourth-order valence-corrected chi connectivity index (χ4v) is 3.28. The van der Waals surface area contributed by atoms with Gasteiger partial charge >= 0.3 is 0 Å². The van der Waals surface area contributed by atoms with E-state index >= 15 is 0 Å². The van der Waals surface area contributed by atoms with Crippen molar-refractivity contribution >= 4 is 39.0 Å². The SMILES string of the molecule is CC(O)CNc1nc(Cl)nc2sc(-c3ccccc3)cc12. The van der Waals surface area contributed by atoms with Gasteiger partial charge in [0, 0.05) is 11.4 Å². The van der Waals surface area contributed by atoms with Crippen LogP contribution in [0, 0.1) is 0 Å². The molecule has 4 nitrogen and oxygen atoms in total. The van der Waals surface area contributed by atoms with Crippen molar-refractivity contribution in [2.45, 2.75) is 13.0 Å². The van der Waals surface area contributed by atoms with Crippen molar-refractivity contribution in [2.75, 3.05) is 11.9 Å². The lowest BCUT2D eigenvalue weighted by atomic mass is 10.2. The number of thiophene rings is 1. The number of hydrogen-bond acceptors (Lipinski definition) is 5. The van der Waals surface area contributed by atoms with Gasteiger partial charge in [-0.15, -0.1) is 11.3 Å². The molecule has 2 heterocycles. The van der Waals surface area contributed by atoms with Gasteiger partial charge in [0.25, 0.3) is 0 Å². The molecule has 3 rings (SSSR count). The van der Waals surface area contributed by atoms with Crippen LogP contribution >= 0.6 is 22.9 Å². The Balaban J connectivity index is 2.06. The zero-order chi connectivity index (χ0) is 14.8. The van der Waals surface area contributed by atoms with E-state index in [1.807, 2.05) is 18.2 Å². The van der Waals surface area contributed by atoms with Crippen LogP contribution in [0.2, 0.25) is 5.28 Å². The minimum Gasteiger partial charge on any atom is -0.392 e. The molecule has 0 aliphatic carbocycles. The minimum absolute atomic E-state index is 0.206. The summed E-state index contributed by atoms with van der Waals surface area (Å²) in [6, 6.07) is 12.2. The van der Waals surface area contributed by atoms with Gasteiger partial charge in [-0.2, -0.15) is 0 Å². The third-order valence-electron chi connectivity index (χ3n) is 2.99. The van der Waals surface area contributed by atoms with E-state index in [9.17, 15) is 5.11 Å². The number of nitrogens with zero attached hydrogens (tertiary/aromatic N) is 2. The van der Waals surface area contributed by atoms with E-state index < -0.39 is 6.10 Å². The van der Waals surface area contributed by atoms with Crippen LogP contribution in [-0.2, 0) is 0 Å². The molecule has 3 aromatic rings. The number of aliphatic hydroxyl groups is 1. The van der Waals surface area contributed by atoms with Crippen LogP contribution in [0.5, 0.6) is 0 Å². The van der Waals surface area contributed by atoms with Crippen molar-refractivity contribution in [3.05, 3.63) is 41.7 Å². The molecular formula is C15H14ClN3OS. The molecule has 6 heteroatoms. The second-order valence-corrected chi connectivity index (χ2v) is 6.14. The average Bonchev–Trinajstić information content (AvgIpc) is 2.89. The summed E-state index contributed by atoms with van der Waals surface area (Å²) in [5.74, 6) is 0.657. The fourth-order valence-electron chi connectivity index (χ4n) is 2.02. The predicted octanol–water partition coefficient (Wildman–Crippen LogP) is 3.80. The fraction of sp³-hybridized carbons (Fsp3) is 0.200. The molecule has 0 saturated heterocycles. The normalized spacial score (nSPS) is 12.5. The van der Waals surface area contributed by atoms with Crippen molar-refractivity contribution in [1.82, 2.24) is 9.97 Å².